The summed E-state index contributed by atoms with van der Waals surface area (Å²) in [5, 5.41) is 0. The Kier molecular flexibility index (Phi) is 4.47. The van der Waals surface area contributed by atoms with Crippen molar-refractivity contribution in [3.8, 4) is 11.1 Å². The summed E-state index contributed by atoms with van der Waals surface area (Å²) >= 11 is 0. The molecular formula is C26H21NO4. The van der Waals surface area contributed by atoms with Crippen LogP contribution in [0.5, 0.6) is 0 Å². The van der Waals surface area contributed by atoms with Crippen molar-refractivity contribution >= 4 is 17.8 Å². The number of esters is 1. The summed E-state index contributed by atoms with van der Waals surface area (Å²) in [6, 6.07) is 21.3. The van der Waals surface area contributed by atoms with E-state index in [1.54, 1.807) is 24.3 Å². The lowest BCUT2D eigenvalue weighted by atomic mass is 10.0. The minimum absolute atomic E-state index is 0.304. The van der Waals surface area contributed by atoms with Crippen LogP contribution in [0.25, 0.3) is 11.1 Å². The zero-order chi connectivity index (χ0) is 21.7. The van der Waals surface area contributed by atoms with Crippen molar-refractivity contribution in [1.82, 2.24) is 4.90 Å². The molecule has 1 atom stereocenters. The van der Waals surface area contributed by atoms with E-state index in [9.17, 15) is 14.4 Å². The third-order valence-electron chi connectivity index (χ3n) is 5.99. The molecule has 0 aromatic heterocycles. The zero-order valence-corrected chi connectivity index (χ0v) is 17.2. The molecule has 5 nitrogen and oxygen atoms in total. The van der Waals surface area contributed by atoms with Crippen LogP contribution >= 0.6 is 0 Å². The lowest BCUT2D eigenvalue weighted by molar-refractivity contribution is -0.153. The molecule has 0 saturated carbocycles. The second-order valence-electron chi connectivity index (χ2n) is 8.21. The Morgan fingerprint density at radius 2 is 1.16 bits per heavy atom. The fourth-order valence-electron chi connectivity index (χ4n) is 4.56. The van der Waals surface area contributed by atoms with Gasteiger partial charge in [0.1, 0.15) is 6.04 Å². The number of imide groups is 1. The lowest BCUT2D eigenvalue weighted by Crippen LogP contribution is -2.48. The number of benzene rings is 3. The van der Waals surface area contributed by atoms with Crippen LogP contribution in [0.15, 0.2) is 72.8 Å². The molecule has 3 aromatic rings. The van der Waals surface area contributed by atoms with Gasteiger partial charge in [0.25, 0.3) is 11.8 Å². The summed E-state index contributed by atoms with van der Waals surface area (Å²) in [4.78, 5) is 40.5. The fraction of sp³-hybridized carbons (Fsp3) is 0.192. The van der Waals surface area contributed by atoms with Crippen molar-refractivity contribution in [3.63, 3.8) is 0 Å². The van der Waals surface area contributed by atoms with Crippen molar-refractivity contribution in [2.75, 3.05) is 0 Å². The fourth-order valence-corrected chi connectivity index (χ4v) is 4.56. The van der Waals surface area contributed by atoms with Crippen LogP contribution in [-0.2, 0) is 9.53 Å². The normalized spacial score (nSPS) is 15.6. The molecule has 5 heteroatoms. The summed E-state index contributed by atoms with van der Waals surface area (Å²) in [5.74, 6) is -1.80. The second kappa shape index (κ2) is 7.20. The van der Waals surface area contributed by atoms with E-state index in [0.29, 0.717) is 11.1 Å². The van der Waals surface area contributed by atoms with Crippen LogP contribution in [0, 0.1) is 5.92 Å². The van der Waals surface area contributed by atoms with E-state index in [4.69, 9.17) is 4.74 Å². The SMILES string of the molecule is CC(C)[C@@H](C(=O)OC1c2ccccc2-c2ccccc21)N1C(=O)c2ccccc2C1=O. The highest BCUT2D eigenvalue weighted by atomic mass is 16.5. The predicted octanol–water partition coefficient (Wildman–Crippen LogP) is 4.62. The molecule has 0 fully saturated rings. The number of carbonyl (C=O) groups excluding carboxylic acids is 3. The topological polar surface area (TPSA) is 63.7 Å². The molecule has 0 bridgehead atoms. The van der Waals surface area contributed by atoms with Crippen LogP contribution in [-0.4, -0.2) is 28.7 Å². The van der Waals surface area contributed by atoms with Crippen LogP contribution in [0.4, 0.5) is 0 Å². The van der Waals surface area contributed by atoms with E-state index in [2.05, 4.69) is 0 Å². The summed E-state index contributed by atoms with van der Waals surface area (Å²) in [6.07, 6.45) is -0.573. The number of hydrogen-bond acceptors (Lipinski definition) is 4. The van der Waals surface area contributed by atoms with Gasteiger partial charge >= 0.3 is 5.97 Å². The molecular weight excluding hydrogens is 390 g/mol. The Labute approximate surface area is 180 Å². The highest BCUT2D eigenvalue weighted by Crippen LogP contribution is 2.45. The molecule has 5 rings (SSSR count). The first-order valence-electron chi connectivity index (χ1n) is 10.3. The minimum atomic E-state index is -1.01. The van der Waals surface area contributed by atoms with Gasteiger partial charge in [-0.15, -0.1) is 0 Å². The van der Waals surface area contributed by atoms with Gasteiger partial charge in [0, 0.05) is 11.1 Å². The number of fused-ring (bicyclic) bond motifs is 4. The molecule has 2 aliphatic rings. The molecule has 154 valence electrons. The van der Waals surface area contributed by atoms with E-state index in [1.165, 1.54) is 0 Å². The van der Waals surface area contributed by atoms with Gasteiger partial charge in [0.2, 0.25) is 0 Å². The van der Waals surface area contributed by atoms with Crippen molar-refractivity contribution in [2.45, 2.75) is 26.0 Å². The lowest BCUT2D eigenvalue weighted by Gasteiger charge is -2.29. The van der Waals surface area contributed by atoms with Crippen LogP contribution in [0.3, 0.4) is 0 Å². The van der Waals surface area contributed by atoms with Crippen LogP contribution in [0.2, 0.25) is 0 Å². The number of hydrogen-bond donors (Lipinski definition) is 0. The third kappa shape index (κ3) is 2.88. The van der Waals surface area contributed by atoms with E-state index in [1.807, 2.05) is 62.4 Å². The monoisotopic (exact) mass is 411 g/mol. The van der Waals surface area contributed by atoms with Gasteiger partial charge in [-0.2, -0.15) is 0 Å². The summed E-state index contributed by atoms with van der Waals surface area (Å²) in [5.41, 5.74) is 4.50. The van der Waals surface area contributed by atoms with Gasteiger partial charge < -0.3 is 4.74 Å². The molecule has 1 aliphatic carbocycles. The van der Waals surface area contributed by atoms with Gasteiger partial charge in [-0.1, -0.05) is 74.5 Å². The Morgan fingerprint density at radius 3 is 1.61 bits per heavy atom. The van der Waals surface area contributed by atoms with E-state index >= 15 is 0 Å². The smallest absolute Gasteiger partial charge is 0.330 e. The Bertz CT molecular complexity index is 1150. The average molecular weight is 411 g/mol. The van der Waals surface area contributed by atoms with Crippen molar-refractivity contribution in [3.05, 3.63) is 95.1 Å². The van der Waals surface area contributed by atoms with Gasteiger partial charge in [0.15, 0.2) is 6.10 Å². The standard InChI is InChI=1S/C26H21NO4/c1-15(2)22(27-24(28)20-13-7-8-14-21(20)25(27)29)26(30)31-23-18-11-5-3-9-16(18)17-10-4-6-12-19(17)23/h3-15,22-23H,1-2H3/t22-/m0/s1. The van der Waals surface area contributed by atoms with Crippen LogP contribution in [0.1, 0.15) is 51.8 Å². The zero-order valence-electron chi connectivity index (χ0n) is 17.2. The number of nitrogens with zero attached hydrogens (tertiary/aromatic N) is 1. The van der Waals surface area contributed by atoms with Crippen molar-refractivity contribution in [1.29, 1.82) is 0 Å². The number of rotatable bonds is 4. The molecule has 31 heavy (non-hydrogen) atoms. The van der Waals surface area contributed by atoms with Crippen molar-refractivity contribution in [2.24, 2.45) is 5.92 Å². The summed E-state index contributed by atoms with van der Waals surface area (Å²) in [7, 11) is 0. The molecule has 1 aliphatic heterocycles. The van der Waals surface area contributed by atoms with E-state index in [-0.39, 0.29) is 5.92 Å². The first-order chi connectivity index (χ1) is 15.0. The van der Waals surface area contributed by atoms with Crippen LogP contribution < -0.4 is 0 Å². The number of carbonyl (C=O) groups is 3. The molecule has 3 aromatic carbocycles. The molecule has 0 N–H and O–H groups in total. The Balaban J connectivity index is 1.50. The maximum absolute atomic E-state index is 13.4. The molecule has 1 heterocycles. The molecule has 0 radical (unpaired) electrons. The number of ether oxygens (including phenoxy) is 1. The van der Waals surface area contributed by atoms with E-state index in [0.717, 1.165) is 27.2 Å². The van der Waals surface area contributed by atoms with Gasteiger partial charge in [-0.05, 0) is 29.2 Å². The van der Waals surface area contributed by atoms with Crippen molar-refractivity contribution < 1.29 is 19.1 Å². The largest absolute Gasteiger partial charge is 0.451 e. The van der Waals surface area contributed by atoms with Gasteiger partial charge in [-0.3, -0.25) is 14.5 Å². The second-order valence-corrected chi connectivity index (χ2v) is 8.21. The highest BCUT2D eigenvalue weighted by Gasteiger charge is 2.45. The minimum Gasteiger partial charge on any atom is -0.451 e. The maximum atomic E-state index is 13.4. The Morgan fingerprint density at radius 1 is 0.742 bits per heavy atom. The molecule has 0 spiro atoms. The maximum Gasteiger partial charge on any atom is 0.330 e. The van der Waals surface area contributed by atoms with Gasteiger partial charge in [-0.25, -0.2) is 4.79 Å². The highest BCUT2D eigenvalue weighted by molar-refractivity contribution is 6.22. The predicted molar refractivity (Wildman–Crippen MR) is 115 cm³/mol. The first kappa shape index (κ1) is 19.2. The summed E-state index contributed by atoms with van der Waals surface area (Å²) < 4.78 is 6.01. The first-order valence-corrected chi connectivity index (χ1v) is 10.3. The third-order valence-corrected chi connectivity index (χ3v) is 5.99. The Hall–Kier alpha value is -3.73. The molecule has 0 saturated heterocycles. The quantitative estimate of drug-likeness (QED) is 0.464. The number of amides is 2. The van der Waals surface area contributed by atoms with Gasteiger partial charge in [0.05, 0.1) is 11.1 Å². The summed E-state index contributed by atoms with van der Waals surface area (Å²) in [6.45, 7) is 3.62. The molecule has 0 unspecified atom stereocenters. The van der Waals surface area contributed by atoms with E-state index < -0.39 is 29.9 Å². The average Bonchev–Trinajstić information content (AvgIpc) is 3.22. The molecule has 2 amide bonds.